The fourth-order valence-corrected chi connectivity index (χ4v) is 2.40. The van der Waals surface area contributed by atoms with E-state index in [1.807, 2.05) is 0 Å². The topological polar surface area (TPSA) is 183 Å². The first-order valence-corrected chi connectivity index (χ1v) is 10.2. The number of hydrogen-bond donors (Lipinski definition) is 5. The monoisotopic (exact) mass is 443 g/mol. The van der Waals surface area contributed by atoms with E-state index in [4.69, 9.17) is 16.2 Å². The number of nitrogens with two attached hydrogens (primary N) is 2. The van der Waals surface area contributed by atoms with Crippen molar-refractivity contribution in [2.24, 2.45) is 23.3 Å². The van der Waals surface area contributed by atoms with Crippen molar-refractivity contribution in [1.29, 1.82) is 0 Å². The Balaban J connectivity index is 5.52. The molecule has 31 heavy (non-hydrogen) atoms. The first-order chi connectivity index (χ1) is 14.0. The highest BCUT2D eigenvalue weighted by molar-refractivity contribution is 5.95. The SMILES string of the molecule is CC(C)[C@H](N)C(=O)N[C@@H](CC(=O)OC(C)(C)C)C(=O)N[C@H](C(=O)NCC(N)=O)C(C)C. The average molecular weight is 444 g/mol. The summed E-state index contributed by atoms with van der Waals surface area (Å²) in [6.07, 6.45) is -0.451. The fraction of sp³-hybridized carbons (Fsp3) is 0.750. The van der Waals surface area contributed by atoms with Gasteiger partial charge in [-0.3, -0.25) is 24.0 Å². The number of carbonyl (C=O) groups excluding carboxylic acids is 5. The van der Waals surface area contributed by atoms with Crippen LogP contribution in [-0.2, 0) is 28.7 Å². The van der Waals surface area contributed by atoms with Gasteiger partial charge in [-0.1, -0.05) is 27.7 Å². The smallest absolute Gasteiger partial charge is 0.308 e. The predicted molar refractivity (Wildman–Crippen MR) is 114 cm³/mol. The van der Waals surface area contributed by atoms with E-state index in [1.54, 1.807) is 48.5 Å². The quantitative estimate of drug-likeness (QED) is 0.252. The highest BCUT2D eigenvalue weighted by atomic mass is 16.6. The molecule has 178 valence electrons. The van der Waals surface area contributed by atoms with Crippen LogP contribution in [0.4, 0.5) is 0 Å². The van der Waals surface area contributed by atoms with Crippen LogP contribution in [-0.4, -0.2) is 59.9 Å². The lowest BCUT2D eigenvalue weighted by Crippen LogP contribution is -2.58. The number of rotatable bonds is 11. The highest BCUT2D eigenvalue weighted by Gasteiger charge is 2.32. The van der Waals surface area contributed by atoms with Crippen LogP contribution in [0.25, 0.3) is 0 Å². The summed E-state index contributed by atoms with van der Waals surface area (Å²) in [4.78, 5) is 60.8. The molecule has 3 atom stereocenters. The van der Waals surface area contributed by atoms with Gasteiger partial charge in [0.25, 0.3) is 0 Å². The van der Waals surface area contributed by atoms with Gasteiger partial charge in [0.2, 0.25) is 23.6 Å². The van der Waals surface area contributed by atoms with Gasteiger partial charge in [0, 0.05) is 0 Å². The van der Waals surface area contributed by atoms with E-state index >= 15 is 0 Å². The Bertz CT molecular complexity index is 671. The first kappa shape index (κ1) is 28.3. The van der Waals surface area contributed by atoms with Crippen molar-refractivity contribution in [1.82, 2.24) is 16.0 Å². The summed E-state index contributed by atoms with van der Waals surface area (Å²) >= 11 is 0. The lowest BCUT2D eigenvalue weighted by atomic mass is 10.0. The van der Waals surface area contributed by atoms with Gasteiger partial charge in [-0.05, 0) is 32.6 Å². The summed E-state index contributed by atoms with van der Waals surface area (Å²) in [6.45, 7) is 11.5. The van der Waals surface area contributed by atoms with E-state index in [0.29, 0.717) is 0 Å². The Labute approximate surface area is 183 Å². The van der Waals surface area contributed by atoms with Crippen LogP contribution in [0.5, 0.6) is 0 Å². The van der Waals surface area contributed by atoms with Crippen molar-refractivity contribution in [3.05, 3.63) is 0 Å². The van der Waals surface area contributed by atoms with Crippen molar-refractivity contribution in [2.75, 3.05) is 6.54 Å². The van der Waals surface area contributed by atoms with E-state index in [-0.39, 0.29) is 18.4 Å². The lowest BCUT2D eigenvalue weighted by molar-refractivity contribution is -0.156. The summed E-state index contributed by atoms with van der Waals surface area (Å²) in [5, 5.41) is 7.31. The average Bonchev–Trinajstić information content (AvgIpc) is 2.60. The molecule has 11 heteroatoms. The van der Waals surface area contributed by atoms with Crippen molar-refractivity contribution in [2.45, 2.75) is 78.6 Å². The number of carbonyl (C=O) groups is 5. The maximum atomic E-state index is 12.9. The molecule has 0 aromatic heterocycles. The Morgan fingerprint density at radius 3 is 1.84 bits per heavy atom. The van der Waals surface area contributed by atoms with Crippen molar-refractivity contribution in [3.63, 3.8) is 0 Å². The zero-order valence-electron chi connectivity index (χ0n) is 19.4. The molecule has 0 aliphatic heterocycles. The summed E-state index contributed by atoms with van der Waals surface area (Å²) in [6, 6.07) is -3.23. The number of hydrogen-bond acceptors (Lipinski definition) is 7. The van der Waals surface area contributed by atoms with Crippen LogP contribution in [0.2, 0.25) is 0 Å². The largest absolute Gasteiger partial charge is 0.460 e. The lowest BCUT2D eigenvalue weighted by Gasteiger charge is -2.27. The molecule has 0 heterocycles. The van der Waals surface area contributed by atoms with Gasteiger partial charge in [0.15, 0.2) is 0 Å². The van der Waals surface area contributed by atoms with Crippen molar-refractivity contribution < 1.29 is 28.7 Å². The van der Waals surface area contributed by atoms with Crippen LogP contribution in [0.15, 0.2) is 0 Å². The molecule has 0 unspecified atom stereocenters. The van der Waals surface area contributed by atoms with Crippen LogP contribution in [0, 0.1) is 11.8 Å². The van der Waals surface area contributed by atoms with Crippen LogP contribution in [0.3, 0.4) is 0 Å². The van der Waals surface area contributed by atoms with Crippen molar-refractivity contribution >= 4 is 29.6 Å². The normalized spacial score (nSPS) is 14.4. The number of esters is 1. The molecule has 0 bridgehead atoms. The second-order valence-corrected chi connectivity index (χ2v) is 9.04. The zero-order valence-corrected chi connectivity index (χ0v) is 19.4. The highest BCUT2D eigenvalue weighted by Crippen LogP contribution is 2.11. The molecule has 0 aliphatic rings. The van der Waals surface area contributed by atoms with Gasteiger partial charge < -0.3 is 32.2 Å². The van der Waals surface area contributed by atoms with E-state index in [9.17, 15) is 24.0 Å². The number of nitrogens with one attached hydrogen (secondary N) is 3. The van der Waals surface area contributed by atoms with Gasteiger partial charge in [-0.15, -0.1) is 0 Å². The van der Waals surface area contributed by atoms with Crippen LogP contribution < -0.4 is 27.4 Å². The minimum atomic E-state index is -1.31. The van der Waals surface area contributed by atoms with Gasteiger partial charge in [0.05, 0.1) is 19.0 Å². The maximum Gasteiger partial charge on any atom is 0.308 e. The molecule has 0 rings (SSSR count). The molecule has 4 amide bonds. The van der Waals surface area contributed by atoms with E-state index in [1.165, 1.54) is 0 Å². The van der Waals surface area contributed by atoms with Crippen LogP contribution >= 0.6 is 0 Å². The second-order valence-electron chi connectivity index (χ2n) is 9.04. The van der Waals surface area contributed by atoms with Crippen molar-refractivity contribution in [3.8, 4) is 0 Å². The molecule has 0 aromatic rings. The van der Waals surface area contributed by atoms with Gasteiger partial charge in [0.1, 0.15) is 17.7 Å². The van der Waals surface area contributed by atoms with E-state index in [0.717, 1.165) is 0 Å². The molecule has 0 spiro atoms. The maximum absolute atomic E-state index is 12.9. The third-order valence-corrected chi connectivity index (χ3v) is 4.13. The van der Waals surface area contributed by atoms with Gasteiger partial charge in [-0.25, -0.2) is 0 Å². The molecule has 0 radical (unpaired) electrons. The molecule has 0 saturated carbocycles. The standard InChI is InChI=1S/C20H37N5O6/c1-10(2)15(22)18(29)24-12(8-14(27)31-20(5,6)7)17(28)25-16(11(3)4)19(30)23-9-13(21)26/h10-12,15-16H,8-9,22H2,1-7H3,(H2,21,26)(H,23,30)(H,24,29)(H,25,28)/t12-,15-,16-/m0/s1. The fourth-order valence-electron chi connectivity index (χ4n) is 2.40. The van der Waals surface area contributed by atoms with E-state index in [2.05, 4.69) is 16.0 Å². The Morgan fingerprint density at radius 2 is 1.42 bits per heavy atom. The molecule has 7 N–H and O–H groups in total. The third kappa shape index (κ3) is 11.3. The van der Waals surface area contributed by atoms with E-state index < -0.39 is 59.7 Å². The molecule has 11 nitrogen and oxygen atoms in total. The molecule has 0 saturated heterocycles. The first-order valence-electron chi connectivity index (χ1n) is 10.2. The van der Waals surface area contributed by atoms with Gasteiger partial charge in [-0.2, -0.15) is 0 Å². The predicted octanol–water partition coefficient (Wildman–Crippen LogP) is -1.07. The number of amides is 4. The molecule has 0 aliphatic carbocycles. The van der Waals surface area contributed by atoms with Gasteiger partial charge >= 0.3 is 5.97 Å². The Hall–Kier alpha value is -2.69. The summed E-state index contributed by atoms with van der Waals surface area (Å²) in [7, 11) is 0. The summed E-state index contributed by atoms with van der Waals surface area (Å²) < 4.78 is 5.24. The molecule has 0 fully saturated rings. The number of primary amides is 1. The third-order valence-electron chi connectivity index (χ3n) is 4.13. The minimum absolute atomic E-state index is 0.201. The minimum Gasteiger partial charge on any atom is -0.460 e. The zero-order chi connectivity index (χ0) is 24.5. The Kier molecular flexibility index (Phi) is 11.2. The molecular weight excluding hydrogens is 406 g/mol. The molecular formula is C20H37N5O6. The summed E-state index contributed by atoms with van der Waals surface area (Å²) in [5.41, 5.74) is 10.1. The number of ether oxygens (including phenoxy) is 1. The Morgan fingerprint density at radius 1 is 0.871 bits per heavy atom. The molecule has 0 aromatic carbocycles. The summed E-state index contributed by atoms with van der Waals surface area (Å²) in [5.74, 6) is -3.99. The second kappa shape index (κ2) is 12.2. The van der Waals surface area contributed by atoms with Crippen LogP contribution in [0.1, 0.15) is 54.9 Å².